The van der Waals surface area contributed by atoms with Crippen LogP contribution in [0.15, 0.2) is 302 Å². The number of rotatable bonds is 12. The first-order chi connectivity index (χ1) is 37.4. The van der Waals surface area contributed by atoms with Gasteiger partial charge in [-0.2, -0.15) is 0 Å². The van der Waals surface area contributed by atoms with Crippen molar-refractivity contribution < 1.29 is 42.5 Å². The third-order valence-corrected chi connectivity index (χ3v) is 15.3. The van der Waals surface area contributed by atoms with Gasteiger partial charge in [0.25, 0.3) is 0 Å². The molecule has 0 bridgehead atoms. The van der Waals surface area contributed by atoms with E-state index in [2.05, 4.69) is 237 Å². The van der Waals surface area contributed by atoms with Crippen molar-refractivity contribution >= 4 is 10.1 Å². The van der Waals surface area contributed by atoms with Crippen molar-refractivity contribution in [2.24, 2.45) is 0 Å². The number of hydrogen-bond donors (Lipinski definition) is 0. The fraction of sp³-hybridized carbons (Fsp3) is 0. The summed E-state index contributed by atoms with van der Waals surface area (Å²) in [5, 5.41) is 0. The smallest absolute Gasteiger partial charge is 0.744 e. The Labute approximate surface area is 473 Å². The molecule has 362 valence electrons. The fourth-order valence-corrected chi connectivity index (χ4v) is 11.8. The van der Waals surface area contributed by atoms with Gasteiger partial charge in [0.15, 0.2) is 0 Å². The van der Waals surface area contributed by atoms with E-state index in [9.17, 15) is 13.0 Å². The van der Waals surface area contributed by atoms with E-state index in [1.807, 2.05) is 36.4 Å². The summed E-state index contributed by atoms with van der Waals surface area (Å²) in [6, 6.07) is 103. The molecule has 0 aliphatic rings. The summed E-state index contributed by atoms with van der Waals surface area (Å²) < 4.78 is 37.8. The van der Waals surface area contributed by atoms with Gasteiger partial charge in [-0.15, -0.1) is 0 Å². The van der Waals surface area contributed by atoms with Gasteiger partial charge in [-0.3, -0.25) is 0 Å². The Kier molecular flexibility index (Phi) is 14.8. The largest absolute Gasteiger partial charge is 1.00 e. The zero-order valence-corrected chi connectivity index (χ0v) is 45.2. The molecule has 0 atom stereocenters. The number of benzene rings is 12. The van der Waals surface area contributed by atoms with Crippen LogP contribution in [-0.4, -0.2) is 13.0 Å². The molecule has 5 heteroatoms. The van der Waals surface area contributed by atoms with E-state index >= 15 is 0 Å². The summed E-state index contributed by atoms with van der Waals surface area (Å²) in [6.07, 6.45) is 0. The Balaban J connectivity index is 0.00000631. The predicted octanol–water partition coefficient (Wildman–Crippen LogP) is 15.9. The van der Waals surface area contributed by atoms with E-state index < -0.39 is 10.1 Å². The molecule has 0 N–H and O–H groups in total. The molecule has 0 radical (unpaired) electrons. The minimum absolute atomic E-state index is 0. The van der Waals surface area contributed by atoms with Crippen molar-refractivity contribution in [3.8, 4) is 122 Å². The topological polar surface area (TPSA) is 57.2 Å². The van der Waals surface area contributed by atoms with Gasteiger partial charge < -0.3 is 4.55 Å². The van der Waals surface area contributed by atoms with Gasteiger partial charge in [0.05, 0.1) is 4.90 Å². The van der Waals surface area contributed by atoms with Crippen LogP contribution in [0.4, 0.5) is 0 Å². The monoisotopic (exact) mass is 1020 g/mol. The summed E-state index contributed by atoms with van der Waals surface area (Å²) in [7, 11) is -4.76. The molecular formula is C72H49NaO3S. The second-order valence-corrected chi connectivity index (χ2v) is 20.1. The van der Waals surface area contributed by atoms with Gasteiger partial charge in [-0.25, -0.2) is 8.42 Å². The maximum absolute atomic E-state index is 12.6. The van der Waals surface area contributed by atoms with E-state index in [1.54, 1.807) is 18.2 Å². The molecule has 3 nitrogen and oxygen atoms in total. The third kappa shape index (κ3) is 9.98. The molecule has 0 saturated carbocycles. The minimum Gasteiger partial charge on any atom is -0.744 e. The zero-order valence-electron chi connectivity index (χ0n) is 42.4. The Morgan fingerprint density at radius 2 is 0.325 bits per heavy atom. The first-order valence-electron chi connectivity index (χ1n) is 25.5. The summed E-state index contributed by atoms with van der Waals surface area (Å²) in [6.45, 7) is 0. The van der Waals surface area contributed by atoms with Crippen LogP contribution in [0.1, 0.15) is 0 Å². The first kappa shape index (κ1) is 50.7. The average Bonchev–Trinajstić information content (AvgIpc) is 3.50. The molecule has 12 aromatic rings. The normalized spacial score (nSPS) is 11.2. The van der Waals surface area contributed by atoms with Crippen LogP contribution in [0.25, 0.3) is 122 Å². The van der Waals surface area contributed by atoms with E-state index in [4.69, 9.17) is 0 Å². The number of hydrogen-bond acceptors (Lipinski definition) is 3. The Hall–Kier alpha value is -8.45. The van der Waals surface area contributed by atoms with Crippen molar-refractivity contribution in [3.05, 3.63) is 297 Å². The molecular weight excluding hydrogens is 968 g/mol. The quantitative estimate of drug-likeness (QED) is 0.0905. The van der Waals surface area contributed by atoms with Gasteiger partial charge in [-0.05, 0) is 128 Å². The van der Waals surface area contributed by atoms with Crippen molar-refractivity contribution in [1.82, 2.24) is 0 Å². The van der Waals surface area contributed by atoms with Crippen LogP contribution in [0.3, 0.4) is 0 Å². The Bertz CT molecular complexity index is 4220. The van der Waals surface area contributed by atoms with Crippen LogP contribution < -0.4 is 29.6 Å². The van der Waals surface area contributed by atoms with Crippen LogP contribution in [0.2, 0.25) is 0 Å². The second kappa shape index (κ2) is 22.4. The molecule has 0 heterocycles. The van der Waals surface area contributed by atoms with Gasteiger partial charge in [0.2, 0.25) is 0 Å². The van der Waals surface area contributed by atoms with Crippen LogP contribution in [0.5, 0.6) is 0 Å². The summed E-state index contributed by atoms with van der Waals surface area (Å²) in [5.41, 5.74) is 22.9. The fourth-order valence-electron chi connectivity index (χ4n) is 11.1. The van der Waals surface area contributed by atoms with Crippen molar-refractivity contribution in [3.63, 3.8) is 0 Å². The molecule has 0 spiro atoms. The third-order valence-electron chi connectivity index (χ3n) is 14.4. The van der Waals surface area contributed by atoms with E-state index in [-0.39, 0.29) is 34.5 Å². The molecule has 0 amide bonds. The zero-order chi connectivity index (χ0) is 51.4. The molecule has 12 rings (SSSR count). The average molecular weight is 1020 g/mol. The van der Waals surface area contributed by atoms with Crippen molar-refractivity contribution in [1.29, 1.82) is 0 Å². The first-order valence-corrected chi connectivity index (χ1v) is 26.9. The van der Waals surface area contributed by atoms with Crippen LogP contribution >= 0.6 is 0 Å². The molecule has 77 heavy (non-hydrogen) atoms. The summed E-state index contributed by atoms with van der Waals surface area (Å²) in [5.74, 6) is 0. The molecule has 0 aliphatic carbocycles. The Morgan fingerprint density at radius 1 is 0.182 bits per heavy atom. The molecule has 0 unspecified atom stereocenters. The minimum atomic E-state index is -4.76. The molecule has 0 saturated heterocycles. The molecule has 12 aromatic carbocycles. The SMILES string of the molecule is O=S(=O)([O-])c1ccccc1-c1ccccc1-c1ccccc1-c1ccccc1-c1ccccc1-c1ccccc1-c1ccccc1-c1ccccc1-c1ccccc1-c1ccccc1-c1ccccc1-c1ccccc1.[Na+]. The van der Waals surface area contributed by atoms with Gasteiger partial charge in [0, 0.05) is 0 Å². The Morgan fingerprint density at radius 3 is 0.532 bits per heavy atom. The van der Waals surface area contributed by atoms with Gasteiger partial charge >= 0.3 is 29.6 Å². The van der Waals surface area contributed by atoms with Crippen molar-refractivity contribution in [2.75, 3.05) is 0 Å². The molecule has 0 fully saturated rings. The van der Waals surface area contributed by atoms with E-state index in [1.165, 1.54) is 33.9 Å². The molecule has 0 aliphatic heterocycles. The summed E-state index contributed by atoms with van der Waals surface area (Å²) >= 11 is 0. The maximum Gasteiger partial charge on any atom is 1.00 e. The van der Waals surface area contributed by atoms with Crippen molar-refractivity contribution in [2.45, 2.75) is 4.90 Å². The predicted molar refractivity (Wildman–Crippen MR) is 314 cm³/mol. The molecule has 0 aromatic heterocycles. The van der Waals surface area contributed by atoms with Gasteiger partial charge in [-0.1, -0.05) is 291 Å². The maximum atomic E-state index is 12.6. The van der Waals surface area contributed by atoms with Crippen LogP contribution in [0, 0.1) is 0 Å². The van der Waals surface area contributed by atoms with Gasteiger partial charge in [0.1, 0.15) is 10.1 Å². The van der Waals surface area contributed by atoms with Crippen LogP contribution in [-0.2, 0) is 10.1 Å². The summed E-state index contributed by atoms with van der Waals surface area (Å²) in [4.78, 5) is -0.245. The standard InChI is InChI=1S/C72H50O3S.Na/c73-76(74,75)72-49-25-24-48-71(72)70-47-23-22-46-69(70)68-45-21-20-44-67(68)66-43-19-18-42-65(66)64-41-17-16-40-63(64)62-39-15-14-38-61(62)60-37-13-12-36-59(60)58-35-11-10-34-57(58)56-33-9-8-32-55(56)54-31-7-6-30-53(54)52-29-5-4-28-51(52)50-26-2-1-3-27-50;/h1-49H,(H,73,74,75);/q;+1/p-1. The van der Waals surface area contributed by atoms with E-state index in [0.29, 0.717) is 11.1 Å². The van der Waals surface area contributed by atoms with E-state index in [0.717, 1.165) is 83.5 Å². The second-order valence-electron chi connectivity index (χ2n) is 18.8.